The minimum absolute atomic E-state index is 0.113. The predicted molar refractivity (Wildman–Crippen MR) is 74.6 cm³/mol. The van der Waals surface area contributed by atoms with Crippen LogP contribution in [0.15, 0.2) is 18.2 Å². The summed E-state index contributed by atoms with van der Waals surface area (Å²) >= 11 is 0. The molecule has 4 nitrogen and oxygen atoms in total. The second-order valence-corrected chi connectivity index (χ2v) is 5.23. The van der Waals surface area contributed by atoms with Crippen molar-refractivity contribution in [2.45, 2.75) is 25.4 Å². The van der Waals surface area contributed by atoms with Crippen LogP contribution in [0.3, 0.4) is 0 Å². The van der Waals surface area contributed by atoms with Crippen molar-refractivity contribution in [3.05, 3.63) is 35.4 Å². The molecule has 1 aromatic carbocycles. The highest BCUT2D eigenvalue weighted by Crippen LogP contribution is 2.15. The van der Waals surface area contributed by atoms with Crippen LogP contribution in [0.1, 0.15) is 30.9 Å². The summed E-state index contributed by atoms with van der Waals surface area (Å²) in [4.78, 5) is 13.6. The number of carbonyl (C=O) groups excluding carboxylic acids is 1. The normalized spacial score (nSPS) is 16.2. The number of aliphatic hydroxyl groups excluding tert-OH is 1. The largest absolute Gasteiger partial charge is 0.387 e. The molecule has 1 saturated heterocycles. The number of nitrogens with zero attached hydrogens (tertiary/aromatic N) is 1. The number of hydrogen-bond acceptors (Lipinski definition) is 3. The van der Waals surface area contributed by atoms with Crippen molar-refractivity contribution in [2.75, 3.05) is 26.2 Å². The fourth-order valence-electron chi connectivity index (χ4n) is 2.40. The first kappa shape index (κ1) is 15.9. The molecule has 1 heterocycles. The SMILES string of the molecule is O=C(CCNCC(O)c1ccc(F)c(F)c1)N1CCCC1. The van der Waals surface area contributed by atoms with E-state index in [1.807, 2.05) is 4.90 Å². The summed E-state index contributed by atoms with van der Waals surface area (Å²) in [6, 6.07) is 3.32. The van der Waals surface area contributed by atoms with Gasteiger partial charge < -0.3 is 15.3 Å². The summed E-state index contributed by atoms with van der Waals surface area (Å²) in [6.45, 7) is 2.31. The first-order valence-electron chi connectivity index (χ1n) is 7.19. The molecule has 0 spiro atoms. The van der Waals surface area contributed by atoms with Crippen molar-refractivity contribution in [2.24, 2.45) is 0 Å². The van der Waals surface area contributed by atoms with E-state index in [1.54, 1.807) is 0 Å². The van der Waals surface area contributed by atoms with E-state index in [1.165, 1.54) is 6.07 Å². The van der Waals surface area contributed by atoms with E-state index in [-0.39, 0.29) is 12.5 Å². The summed E-state index contributed by atoms with van der Waals surface area (Å²) in [5.41, 5.74) is 0.312. The first-order chi connectivity index (χ1) is 10.1. The van der Waals surface area contributed by atoms with Gasteiger partial charge in [-0.3, -0.25) is 4.79 Å². The topological polar surface area (TPSA) is 52.6 Å². The average molecular weight is 298 g/mol. The lowest BCUT2D eigenvalue weighted by atomic mass is 10.1. The molecule has 1 unspecified atom stereocenters. The van der Waals surface area contributed by atoms with Gasteiger partial charge in [-0.25, -0.2) is 8.78 Å². The van der Waals surface area contributed by atoms with Gasteiger partial charge >= 0.3 is 0 Å². The van der Waals surface area contributed by atoms with Crippen LogP contribution < -0.4 is 5.32 Å². The van der Waals surface area contributed by atoms with E-state index in [4.69, 9.17) is 0 Å². The monoisotopic (exact) mass is 298 g/mol. The van der Waals surface area contributed by atoms with E-state index in [9.17, 15) is 18.7 Å². The third-order valence-electron chi connectivity index (χ3n) is 3.64. The number of carbonyl (C=O) groups is 1. The summed E-state index contributed by atoms with van der Waals surface area (Å²) < 4.78 is 25.8. The van der Waals surface area contributed by atoms with Gasteiger partial charge in [0.15, 0.2) is 11.6 Å². The smallest absolute Gasteiger partial charge is 0.223 e. The maximum Gasteiger partial charge on any atom is 0.223 e. The van der Waals surface area contributed by atoms with Crippen molar-refractivity contribution in [1.82, 2.24) is 10.2 Å². The molecular formula is C15H20F2N2O2. The first-order valence-corrected chi connectivity index (χ1v) is 7.19. The molecule has 6 heteroatoms. The van der Waals surface area contributed by atoms with Gasteiger partial charge in [-0.2, -0.15) is 0 Å². The molecule has 1 atom stereocenters. The molecule has 1 aromatic rings. The number of amides is 1. The third kappa shape index (κ3) is 4.47. The quantitative estimate of drug-likeness (QED) is 0.784. The highest BCUT2D eigenvalue weighted by molar-refractivity contribution is 5.76. The molecule has 1 aliphatic rings. The lowest BCUT2D eigenvalue weighted by molar-refractivity contribution is -0.130. The number of likely N-dealkylation sites (tertiary alicyclic amines) is 1. The Morgan fingerprint density at radius 2 is 2.00 bits per heavy atom. The number of halogens is 2. The highest BCUT2D eigenvalue weighted by Gasteiger charge is 2.17. The van der Waals surface area contributed by atoms with Crippen LogP contribution in [-0.4, -0.2) is 42.1 Å². The molecule has 1 fully saturated rings. The lowest BCUT2D eigenvalue weighted by Crippen LogP contribution is -2.31. The summed E-state index contributed by atoms with van der Waals surface area (Å²) in [5, 5.41) is 12.8. The Hall–Kier alpha value is -1.53. The maximum atomic E-state index is 13.0. The Morgan fingerprint density at radius 3 is 2.67 bits per heavy atom. The second kappa shape index (κ2) is 7.47. The van der Waals surface area contributed by atoms with Crippen molar-refractivity contribution in [1.29, 1.82) is 0 Å². The fourth-order valence-corrected chi connectivity index (χ4v) is 2.40. The van der Waals surface area contributed by atoms with Gasteiger partial charge in [-0.15, -0.1) is 0 Å². The number of nitrogens with one attached hydrogen (secondary N) is 1. The molecule has 0 saturated carbocycles. The molecule has 0 bridgehead atoms. The van der Waals surface area contributed by atoms with Crippen LogP contribution in [0.2, 0.25) is 0 Å². The van der Waals surface area contributed by atoms with Crippen molar-refractivity contribution in [3.8, 4) is 0 Å². The zero-order valence-electron chi connectivity index (χ0n) is 11.8. The molecule has 1 amide bonds. The highest BCUT2D eigenvalue weighted by atomic mass is 19.2. The van der Waals surface area contributed by atoms with E-state index in [0.29, 0.717) is 18.5 Å². The zero-order valence-corrected chi connectivity index (χ0v) is 11.8. The van der Waals surface area contributed by atoms with Gasteiger partial charge in [0.05, 0.1) is 6.10 Å². The van der Waals surface area contributed by atoms with Crippen LogP contribution >= 0.6 is 0 Å². The Morgan fingerprint density at radius 1 is 1.29 bits per heavy atom. The standard InChI is InChI=1S/C15H20F2N2O2/c16-12-4-3-11(9-13(12)17)14(20)10-18-6-5-15(21)19-7-1-2-8-19/h3-4,9,14,18,20H,1-2,5-8,10H2. The van der Waals surface area contributed by atoms with Crippen LogP contribution in [-0.2, 0) is 4.79 Å². The number of hydrogen-bond donors (Lipinski definition) is 2. The van der Waals surface area contributed by atoms with Crippen molar-refractivity contribution >= 4 is 5.91 Å². The fraction of sp³-hybridized carbons (Fsp3) is 0.533. The summed E-state index contributed by atoms with van der Waals surface area (Å²) in [5.74, 6) is -1.80. The minimum atomic E-state index is -0.976. The minimum Gasteiger partial charge on any atom is -0.387 e. The zero-order chi connectivity index (χ0) is 15.2. The average Bonchev–Trinajstić information content (AvgIpc) is 3.00. The van der Waals surface area contributed by atoms with Gasteiger partial charge in [0.1, 0.15) is 0 Å². The van der Waals surface area contributed by atoms with E-state index in [0.717, 1.165) is 38.1 Å². The van der Waals surface area contributed by atoms with Crippen molar-refractivity contribution in [3.63, 3.8) is 0 Å². The Kier molecular flexibility index (Phi) is 5.64. The van der Waals surface area contributed by atoms with E-state index < -0.39 is 17.7 Å². The molecule has 21 heavy (non-hydrogen) atoms. The lowest BCUT2D eigenvalue weighted by Gasteiger charge is -2.16. The molecule has 2 rings (SSSR count). The summed E-state index contributed by atoms with van der Waals surface area (Å²) in [6.07, 6.45) is 1.58. The van der Waals surface area contributed by atoms with Crippen LogP contribution in [0.25, 0.3) is 0 Å². The van der Waals surface area contributed by atoms with E-state index >= 15 is 0 Å². The van der Waals surface area contributed by atoms with Gasteiger partial charge in [0, 0.05) is 32.6 Å². The third-order valence-corrected chi connectivity index (χ3v) is 3.64. The Bertz CT molecular complexity index is 491. The number of rotatable bonds is 6. The molecule has 2 N–H and O–H groups in total. The van der Waals surface area contributed by atoms with Crippen molar-refractivity contribution < 1.29 is 18.7 Å². The number of aliphatic hydroxyl groups is 1. The van der Waals surface area contributed by atoms with E-state index in [2.05, 4.69) is 5.32 Å². The molecule has 0 aliphatic carbocycles. The molecule has 0 radical (unpaired) electrons. The number of benzene rings is 1. The van der Waals surface area contributed by atoms with Crippen LogP contribution in [0.4, 0.5) is 8.78 Å². The van der Waals surface area contributed by atoms with Crippen LogP contribution in [0, 0.1) is 11.6 Å². The second-order valence-electron chi connectivity index (χ2n) is 5.23. The van der Waals surface area contributed by atoms with Gasteiger partial charge in [-0.05, 0) is 30.5 Å². The molecule has 0 aromatic heterocycles. The van der Waals surface area contributed by atoms with Crippen LogP contribution in [0.5, 0.6) is 0 Å². The predicted octanol–water partition coefficient (Wildman–Crippen LogP) is 1.60. The van der Waals surface area contributed by atoms with Gasteiger partial charge in [-0.1, -0.05) is 6.07 Å². The molecular weight excluding hydrogens is 278 g/mol. The molecule has 116 valence electrons. The maximum absolute atomic E-state index is 13.0. The Labute approximate surface area is 122 Å². The molecule has 1 aliphatic heterocycles. The Balaban J connectivity index is 1.70. The van der Waals surface area contributed by atoms with Gasteiger partial charge in [0.25, 0.3) is 0 Å². The summed E-state index contributed by atoms with van der Waals surface area (Å²) in [7, 11) is 0. The van der Waals surface area contributed by atoms with Gasteiger partial charge in [0.2, 0.25) is 5.91 Å².